The molecule has 0 aliphatic rings. The zero-order valence-corrected chi connectivity index (χ0v) is 24.0. The van der Waals surface area contributed by atoms with Crippen molar-refractivity contribution in [3.8, 4) is 5.75 Å². The van der Waals surface area contributed by atoms with E-state index in [4.69, 9.17) is 4.74 Å². The molecule has 1 N–H and O–H groups in total. The van der Waals surface area contributed by atoms with Crippen LogP contribution in [0.15, 0.2) is 77.7 Å². The van der Waals surface area contributed by atoms with Crippen molar-refractivity contribution in [2.24, 2.45) is 0 Å². The van der Waals surface area contributed by atoms with Crippen molar-refractivity contribution in [2.75, 3.05) is 24.5 Å². The van der Waals surface area contributed by atoms with Crippen molar-refractivity contribution in [2.45, 2.75) is 51.6 Å². The van der Waals surface area contributed by atoms with E-state index in [9.17, 15) is 18.0 Å². The Morgan fingerprint density at radius 2 is 1.46 bits per heavy atom. The van der Waals surface area contributed by atoms with Gasteiger partial charge >= 0.3 is 0 Å². The van der Waals surface area contributed by atoms with Crippen LogP contribution in [0.3, 0.4) is 0 Å². The highest BCUT2D eigenvalue weighted by molar-refractivity contribution is 7.92. The summed E-state index contributed by atoms with van der Waals surface area (Å²) in [5.41, 5.74) is 3.21. The minimum Gasteiger partial charge on any atom is -0.497 e. The van der Waals surface area contributed by atoms with Crippen molar-refractivity contribution < 1.29 is 22.7 Å². The lowest BCUT2D eigenvalue weighted by Gasteiger charge is -2.32. The number of carbonyl (C=O) groups excluding carboxylic acids is 2. The summed E-state index contributed by atoms with van der Waals surface area (Å²) < 4.78 is 34.0. The number of nitrogens with one attached hydrogen (secondary N) is 1. The Balaban J connectivity index is 2.00. The van der Waals surface area contributed by atoms with Gasteiger partial charge in [0, 0.05) is 13.1 Å². The van der Waals surface area contributed by atoms with Crippen molar-refractivity contribution in [3.05, 3.63) is 89.5 Å². The summed E-state index contributed by atoms with van der Waals surface area (Å²) in [4.78, 5) is 28.3. The molecule has 0 heterocycles. The summed E-state index contributed by atoms with van der Waals surface area (Å²) in [5, 5.41) is 2.84. The van der Waals surface area contributed by atoms with Gasteiger partial charge in [-0.15, -0.1) is 0 Å². The maximum absolute atomic E-state index is 13.9. The normalized spacial score (nSPS) is 11.9. The fourth-order valence-corrected chi connectivity index (χ4v) is 5.40. The van der Waals surface area contributed by atoms with E-state index >= 15 is 0 Å². The predicted octanol–water partition coefficient (Wildman–Crippen LogP) is 4.45. The topological polar surface area (TPSA) is 96.0 Å². The lowest BCUT2D eigenvalue weighted by molar-refractivity contribution is -0.139. The molecule has 0 saturated heterocycles. The molecule has 3 aromatic rings. The van der Waals surface area contributed by atoms with Gasteiger partial charge in [0.15, 0.2) is 0 Å². The van der Waals surface area contributed by atoms with E-state index in [1.165, 1.54) is 24.1 Å². The molecule has 0 aliphatic heterocycles. The van der Waals surface area contributed by atoms with Gasteiger partial charge in [-0.1, -0.05) is 54.4 Å². The molecule has 2 amide bonds. The Morgan fingerprint density at radius 3 is 2.00 bits per heavy atom. The number of ether oxygens (including phenoxy) is 1. The first-order chi connectivity index (χ1) is 18.6. The number of rotatable bonds is 12. The predicted molar refractivity (Wildman–Crippen MR) is 153 cm³/mol. The largest absolute Gasteiger partial charge is 0.497 e. The van der Waals surface area contributed by atoms with Crippen LogP contribution < -0.4 is 14.4 Å². The molecule has 0 saturated carbocycles. The number of carbonyl (C=O) groups is 2. The van der Waals surface area contributed by atoms with Gasteiger partial charge in [-0.2, -0.15) is 0 Å². The number of anilines is 1. The molecule has 208 valence electrons. The lowest BCUT2D eigenvalue weighted by atomic mass is 10.1. The molecule has 1 unspecified atom stereocenters. The van der Waals surface area contributed by atoms with E-state index in [1.807, 2.05) is 45.0 Å². The Kier molecular flexibility index (Phi) is 10.1. The van der Waals surface area contributed by atoms with Crippen LogP contribution in [0.5, 0.6) is 5.75 Å². The number of hydrogen-bond donors (Lipinski definition) is 1. The van der Waals surface area contributed by atoms with Crippen LogP contribution in [0.2, 0.25) is 0 Å². The number of hydrogen-bond acceptors (Lipinski definition) is 5. The number of amides is 2. The molecular formula is C30H37N3O5S. The van der Waals surface area contributed by atoms with Crippen LogP contribution in [0.25, 0.3) is 0 Å². The Morgan fingerprint density at radius 1 is 0.897 bits per heavy atom. The molecule has 0 aromatic heterocycles. The van der Waals surface area contributed by atoms with Crippen LogP contribution >= 0.6 is 0 Å². The average molecular weight is 552 g/mol. The van der Waals surface area contributed by atoms with E-state index < -0.39 is 28.5 Å². The fraction of sp³-hybridized carbons (Fsp3) is 0.333. The third kappa shape index (κ3) is 7.60. The highest BCUT2D eigenvalue weighted by Crippen LogP contribution is 2.26. The van der Waals surface area contributed by atoms with Gasteiger partial charge in [-0.3, -0.25) is 13.9 Å². The number of methoxy groups -OCH3 is 1. The second-order valence-electron chi connectivity index (χ2n) is 9.50. The summed E-state index contributed by atoms with van der Waals surface area (Å²) in [6, 6.07) is 19.8. The standard InChI is InChI=1S/C30H37N3O5S/c1-6-19-31-30(35)24(4)32(20-25-11-7-22(2)8-12-25)29(34)21-33(26-13-9-23(3)10-14-26)39(36,37)28-17-15-27(38-5)16-18-28/h7-18,24H,6,19-21H2,1-5H3,(H,31,35). The molecule has 0 fully saturated rings. The second kappa shape index (κ2) is 13.3. The smallest absolute Gasteiger partial charge is 0.264 e. The molecule has 0 aliphatic carbocycles. The summed E-state index contributed by atoms with van der Waals surface area (Å²) in [6.45, 7) is 7.64. The molecule has 1 atom stereocenters. The van der Waals surface area contributed by atoms with Gasteiger partial charge in [0.1, 0.15) is 18.3 Å². The highest BCUT2D eigenvalue weighted by Gasteiger charge is 2.32. The number of benzene rings is 3. The van der Waals surface area contributed by atoms with Crippen molar-refractivity contribution in [1.29, 1.82) is 0 Å². The Labute approximate surface area is 231 Å². The van der Waals surface area contributed by atoms with E-state index in [-0.39, 0.29) is 17.3 Å². The van der Waals surface area contributed by atoms with Gasteiger partial charge in [0.05, 0.1) is 17.7 Å². The van der Waals surface area contributed by atoms with Gasteiger partial charge in [0.2, 0.25) is 11.8 Å². The summed E-state index contributed by atoms with van der Waals surface area (Å²) in [7, 11) is -2.63. The summed E-state index contributed by atoms with van der Waals surface area (Å²) in [6.07, 6.45) is 0.756. The molecule has 0 radical (unpaired) electrons. The first kappa shape index (κ1) is 29.7. The first-order valence-corrected chi connectivity index (χ1v) is 14.4. The summed E-state index contributed by atoms with van der Waals surface area (Å²) in [5.74, 6) is -0.271. The maximum Gasteiger partial charge on any atom is 0.264 e. The zero-order valence-electron chi connectivity index (χ0n) is 23.2. The number of nitrogens with zero attached hydrogens (tertiary/aromatic N) is 2. The average Bonchev–Trinajstić information content (AvgIpc) is 2.94. The third-order valence-electron chi connectivity index (χ3n) is 6.44. The Hall–Kier alpha value is -3.85. The highest BCUT2D eigenvalue weighted by atomic mass is 32.2. The molecule has 3 aromatic carbocycles. The Bertz CT molecular complexity index is 1360. The summed E-state index contributed by atoms with van der Waals surface area (Å²) >= 11 is 0. The van der Waals surface area contributed by atoms with Crippen molar-refractivity contribution in [1.82, 2.24) is 10.2 Å². The van der Waals surface area contributed by atoms with Gasteiger partial charge in [0.25, 0.3) is 10.0 Å². The van der Waals surface area contributed by atoms with E-state index in [2.05, 4.69) is 5.32 Å². The molecule has 8 nitrogen and oxygen atoms in total. The number of sulfonamides is 1. The SMILES string of the molecule is CCCNC(=O)C(C)N(Cc1ccc(C)cc1)C(=O)CN(c1ccc(C)cc1)S(=O)(=O)c1ccc(OC)cc1. The van der Waals surface area contributed by atoms with E-state index in [0.717, 1.165) is 27.4 Å². The quantitative estimate of drug-likeness (QED) is 0.359. The fourth-order valence-electron chi connectivity index (χ4n) is 3.98. The molecule has 3 rings (SSSR count). The van der Waals surface area contributed by atoms with Gasteiger partial charge in [-0.05, 0) is 69.2 Å². The van der Waals surface area contributed by atoms with Crippen molar-refractivity contribution in [3.63, 3.8) is 0 Å². The minimum atomic E-state index is -4.13. The van der Waals surface area contributed by atoms with Gasteiger partial charge < -0.3 is 15.0 Å². The first-order valence-electron chi connectivity index (χ1n) is 12.9. The lowest BCUT2D eigenvalue weighted by Crippen LogP contribution is -2.51. The number of aryl methyl sites for hydroxylation is 2. The molecule has 39 heavy (non-hydrogen) atoms. The maximum atomic E-state index is 13.9. The molecule has 9 heteroatoms. The van der Waals surface area contributed by atoms with Crippen LogP contribution in [0, 0.1) is 13.8 Å². The van der Waals surface area contributed by atoms with E-state index in [0.29, 0.717) is 18.0 Å². The van der Waals surface area contributed by atoms with E-state index in [1.54, 1.807) is 43.3 Å². The second-order valence-corrected chi connectivity index (χ2v) is 11.4. The molecule has 0 spiro atoms. The zero-order chi connectivity index (χ0) is 28.6. The van der Waals surface area contributed by atoms with Crippen LogP contribution in [0.1, 0.15) is 37.0 Å². The monoisotopic (exact) mass is 551 g/mol. The molecular weight excluding hydrogens is 514 g/mol. The molecule has 0 bridgehead atoms. The minimum absolute atomic E-state index is 0.0236. The van der Waals surface area contributed by atoms with Crippen LogP contribution in [-0.4, -0.2) is 51.4 Å². The van der Waals surface area contributed by atoms with Crippen LogP contribution in [-0.2, 0) is 26.2 Å². The third-order valence-corrected chi connectivity index (χ3v) is 8.23. The van der Waals surface area contributed by atoms with Crippen molar-refractivity contribution >= 4 is 27.5 Å². The van der Waals surface area contributed by atoms with Crippen LogP contribution in [0.4, 0.5) is 5.69 Å². The van der Waals surface area contributed by atoms with Gasteiger partial charge in [-0.25, -0.2) is 8.42 Å².